The maximum absolute atomic E-state index is 6.79. The second-order valence-corrected chi connectivity index (χ2v) is 13.2. The summed E-state index contributed by atoms with van der Waals surface area (Å²) in [4.78, 5) is 15.0. The largest absolute Gasteiger partial charge is 0.455 e. The molecule has 0 fully saturated rings. The third-order valence-corrected chi connectivity index (χ3v) is 10.2. The quantitative estimate of drug-likeness (QED) is 0.176. The molecular formula is C47H28N4O. The van der Waals surface area contributed by atoms with Gasteiger partial charge in [0.05, 0.1) is 11.0 Å². The number of hydrogen-bond acceptors (Lipinski definition) is 4. The Bertz CT molecular complexity index is 3120. The van der Waals surface area contributed by atoms with Gasteiger partial charge in [0.1, 0.15) is 11.2 Å². The molecule has 5 nitrogen and oxygen atoms in total. The summed E-state index contributed by atoms with van der Waals surface area (Å²) in [5, 5.41) is 9.38. The fourth-order valence-corrected chi connectivity index (χ4v) is 7.95. The highest BCUT2D eigenvalue weighted by Gasteiger charge is 2.22. The minimum Gasteiger partial charge on any atom is -0.455 e. The molecule has 8 aromatic carbocycles. The molecule has 0 amide bonds. The highest BCUT2D eigenvalue weighted by Crippen LogP contribution is 2.46. The van der Waals surface area contributed by atoms with Gasteiger partial charge in [0, 0.05) is 49.3 Å². The number of aromatic nitrogens is 4. The minimum absolute atomic E-state index is 0.622. The van der Waals surface area contributed by atoms with E-state index in [0.717, 1.165) is 60.7 Å². The maximum Gasteiger partial charge on any atom is 0.164 e. The number of rotatable bonds is 4. The Morgan fingerprint density at radius 2 is 0.904 bits per heavy atom. The highest BCUT2D eigenvalue weighted by molar-refractivity contribution is 6.36. The average Bonchev–Trinajstić information content (AvgIpc) is 3.78. The van der Waals surface area contributed by atoms with E-state index in [0.29, 0.717) is 17.5 Å². The zero-order valence-corrected chi connectivity index (χ0v) is 27.9. The standard InChI is InChI=1S/C47H28N4O/c1-3-14-29(15-4-1)45-48-46(30-16-5-2-6-17-30)50-47(49-45)31-18-13-19-32(28-31)51-38-25-12-11-24-37(38)41-39(51)26-27-40-43(41)42-35-22-9-7-20-33(35)34-21-8-10-23-36(34)44(42)52-40/h1-28H. The van der Waals surface area contributed by atoms with Gasteiger partial charge in [-0.25, -0.2) is 15.0 Å². The number of fused-ring (bicyclic) bond motifs is 12. The van der Waals surface area contributed by atoms with E-state index in [1.807, 2.05) is 60.7 Å². The Morgan fingerprint density at radius 3 is 1.60 bits per heavy atom. The molecule has 0 aliphatic rings. The SMILES string of the molecule is c1ccc(-c2nc(-c3ccccc3)nc(-c3cccc(-n4c5ccccc5c5c6c(ccc54)oc4c5ccccc5c5ccccc5c46)c3)n2)cc1. The van der Waals surface area contributed by atoms with Crippen molar-refractivity contribution < 1.29 is 4.42 Å². The van der Waals surface area contributed by atoms with Gasteiger partial charge >= 0.3 is 0 Å². The molecule has 5 heteroatoms. The topological polar surface area (TPSA) is 56.7 Å². The molecule has 0 radical (unpaired) electrons. The molecule has 0 aliphatic heterocycles. The molecular weight excluding hydrogens is 637 g/mol. The van der Waals surface area contributed by atoms with Crippen molar-refractivity contribution in [1.82, 2.24) is 19.5 Å². The Kier molecular flexibility index (Phi) is 6.18. The van der Waals surface area contributed by atoms with Crippen molar-refractivity contribution >= 4 is 65.3 Å². The van der Waals surface area contributed by atoms with Gasteiger partial charge in [-0.15, -0.1) is 0 Å². The number of furan rings is 1. The lowest BCUT2D eigenvalue weighted by atomic mass is 9.95. The van der Waals surface area contributed by atoms with Crippen molar-refractivity contribution in [3.63, 3.8) is 0 Å². The molecule has 11 aromatic rings. The first-order chi connectivity index (χ1) is 25.8. The van der Waals surface area contributed by atoms with E-state index in [-0.39, 0.29) is 0 Å². The Hall–Kier alpha value is -7.11. The zero-order valence-electron chi connectivity index (χ0n) is 27.9. The van der Waals surface area contributed by atoms with Crippen molar-refractivity contribution in [3.05, 3.63) is 170 Å². The summed E-state index contributed by atoms with van der Waals surface area (Å²) in [5.74, 6) is 1.90. The number of benzene rings is 8. The van der Waals surface area contributed by atoms with E-state index < -0.39 is 0 Å². The van der Waals surface area contributed by atoms with Gasteiger partial charge < -0.3 is 8.98 Å². The van der Waals surface area contributed by atoms with Crippen LogP contribution in [0.25, 0.3) is 105 Å². The van der Waals surface area contributed by atoms with Gasteiger partial charge in [-0.2, -0.15) is 0 Å². The average molecular weight is 665 g/mol. The smallest absolute Gasteiger partial charge is 0.164 e. The molecule has 0 saturated heterocycles. The molecule has 3 aromatic heterocycles. The molecule has 242 valence electrons. The predicted molar refractivity (Wildman–Crippen MR) is 213 cm³/mol. The van der Waals surface area contributed by atoms with Crippen LogP contribution in [-0.2, 0) is 0 Å². The van der Waals surface area contributed by atoms with Gasteiger partial charge in [0.15, 0.2) is 17.5 Å². The van der Waals surface area contributed by atoms with E-state index in [2.05, 4.69) is 114 Å². The Labute approximate surface area is 298 Å². The summed E-state index contributed by atoms with van der Waals surface area (Å²) < 4.78 is 9.14. The first kappa shape index (κ1) is 28.7. The second-order valence-electron chi connectivity index (χ2n) is 13.2. The van der Waals surface area contributed by atoms with Crippen LogP contribution >= 0.6 is 0 Å². The summed E-state index contributed by atoms with van der Waals surface area (Å²) in [6.07, 6.45) is 0. The monoisotopic (exact) mass is 664 g/mol. The lowest BCUT2D eigenvalue weighted by molar-refractivity contribution is 0.673. The predicted octanol–water partition coefficient (Wildman–Crippen LogP) is 12.2. The summed E-state index contributed by atoms with van der Waals surface area (Å²) in [5.41, 5.74) is 7.85. The first-order valence-electron chi connectivity index (χ1n) is 17.5. The van der Waals surface area contributed by atoms with Gasteiger partial charge in [-0.3, -0.25) is 0 Å². The summed E-state index contributed by atoms with van der Waals surface area (Å²) in [7, 11) is 0. The van der Waals surface area contributed by atoms with Gasteiger partial charge in [-0.05, 0) is 46.5 Å². The summed E-state index contributed by atoms with van der Waals surface area (Å²) in [6.45, 7) is 0. The summed E-state index contributed by atoms with van der Waals surface area (Å²) in [6, 6.07) is 58.9. The van der Waals surface area contributed by atoms with E-state index in [9.17, 15) is 0 Å². The van der Waals surface area contributed by atoms with Crippen LogP contribution < -0.4 is 0 Å². The molecule has 52 heavy (non-hydrogen) atoms. The van der Waals surface area contributed by atoms with Crippen LogP contribution in [0.15, 0.2) is 174 Å². The van der Waals surface area contributed by atoms with Crippen LogP contribution in [0.1, 0.15) is 0 Å². The van der Waals surface area contributed by atoms with Crippen LogP contribution in [0.3, 0.4) is 0 Å². The molecule has 11 rings (SSSR count). The van der Waals surface area contributed by atoms with Crippen molar-refractivity contribution in [2.75, 3.05) is 0 Å². The third kappa shape index (κ3) is 4.26. The van der Waals surface area contributed by atoms with Crippen LogP contribution in [0.2, 0.25) is 0 Å². The third-order valence-electron chi connectivity index (χ3n) is 10.2. The van der Waals surface area contributed by atoms with E-state index in [4.69, 9.17) is 19.4 Å². The lowest BCUT2D eigenvalue weighted by Gasteiger charge is -2.11. The van der Waals surface area contributed by atoms with Gasteiger partial charge in [-0.1, -0.05) is 140 Å². The second kappa shape index (κ2) is 11.2. The Morgan fingerprint density at radius 1 is 0.365 bits per heavy atom. The van der Waals surface area contributed by atoms with Crippen molar-refractivity contribution in [2.45, 2.75) is 0 Å². The van der Waals surface area contributed by atoms with E-state index in [1.165, 1.54) is 26.9 Å². The fraction of sp³-hybridized carbons (Fsp3) is 0. The van der Waals surface area contributed by atoms with Crippen LogP contribution in [-0.4, -0.2) is 19.5 Å². The van der Waals surface area contributed by atoms with Gasteiger partial charge in [0.2, 0.25) is 0 Å². The van der Waals surface area contributed by atoms with Crippen molar-refractivity contribution in [3.8, 4) is 39.9 Å². The normalized spacial score (nSPS) is 11.8. The van der Waals surface area contributed by atoms with E-state index >= 15 is 0 Å². The van der Waals surface area contributed by atoms with Crippen LogP contribution in [0.4, 0.5) is 0 Å². The molecule has 0 unspecified atom stereocenters. The summed E-state index contributed by atoms with van der Waals surface area (Å²) >= 11 is 0. The molecule has 0 spiro atoms. The van der Waals surface area contributed by atoms with Crippen molar-refractivity contribution in [1.29, 1.82) is 0 Å². The van der Waals surface area contributed by atoms with Crippen LogP contribution in [0, 0.1) is 0 Å². The minimum atomic E-state index is 0.622. The van der Waals surface area contributed by atoms with Gasteiger partial charge in [0.25, 0.3) is 0 Å². The van der Waals surface area contributed by atoms with Crippen molar-refractivity contribution in [2.24, 2.45) is 0 Å². The molecule has 0 bridgehead atoms. The molecule has 0 atom stereocenters. The van der Waals surface area contributed by atoms with E-state index in [1.54, 1.807) is 0 Å². The molecule has 0 N–H and O–H groups in total. The highest BCUT2D eigenvalue weighted by atomic mass is 16.3. The fourth-order valence-electron chi connectivity index (χ4n) is 7.95. The number of para-hydroxylation sites is 1. The maximum atomic E-state index is 6.79. The molecule has 3 heterocycles. The molecule has 0 saturated carbocycles. The number of hydrogen-bond donors (Lipinski definition) is 0. The lowest BCUT2D eigenvalue weighted by Crippen LogP contribution is -2.01. The molecule has 0 aliphatic carbocycles. The first-order valence-corrected chi connectivity index (χ1v) is 17.5. The zero-order chi connectivity index (χ0) is 34.2. The van der Waals surface area contributed by atoms with Crippen LogP contribution in [0.5, 0.6) is 0 Å². The Balaban J connectivity index is 1.18. The number of nitrogens with zero attached hydrogens (tertiary/aromatic N) is 4.